The fourth-order valence-corrected chi connectivity index (χ4v) is 2.83. The van der Waals surface area contributed by atoms with Gasteiger partial charge in [0.1, 0.15) is 0 Å². The fraction of sp³-hybridized carbons (Fsp3) is 0.923. The molecule has 0 aliphatic carbocycles. The second kappa shape index (κ2) is 9.50. The number of guanidine groups is 1. The summed E-state index contributed by atoms with van der Waals surface area (Å²) in [5, 5.41) is 6.81. The maximum atomic E-state index is 4.27. The van der Waals surface area contributed by atoms with Gasteiger partial charge in [-0.1, -0.05) is 6.92 Å². The first-order valence-electron chi connectivity index (χ1n) is 6.99. The van der Waals surface area contributed by atoms with Crippen LogP contribution in [0.5, 0.6) is 0 Å². The molecule has 0 spiro atoms. The third-order valence-corrected chi connectivity index (χ3v) is 4.15. The lowest BCUT2D eigenvalue weighted by Crippen LogP contribution is -2.45. The Balaban J connectivity index is 2.18. The maximum absolute atomic E-state index is 4.27. The van der Waals surface area contributed by atoms with Crippen LogP contribution in [0.4, 0.5) is 0 Å². The predicted molar refractivity (Wildman–Crippen MR) is 82.6 cm³/mol. The molecule has 1 rings (SSSR count). The van der Waals surface area contributed by atoms with Crippen LogP contribution >= 0.6 is 11.8 Å². The average Bonchev–Trinajstić information content (AvgIpc) is 2.85. The molecule has 0 aromatic rings. The van der Waals surface area contributed by atoms with Crippen molar-refractivity contribution in [2.24, 2.45) is 4.99 Å². The second-order valence-electron chi connectivity index (χ2n) is 4.65. The minimum atomic E-state index is 0.680. The van der Waals surface area contributed by atoms with Gasteiger partial charge in [0.25, 0.3) is 0 Å². The summed E-state index contributed by atoms with van der Waals surface area (Å²) in [4.78, 5) is 6.82. The van der Waals surface area contributed by atoms with Gasteiger partial charge in [-0.3, -0.25) is 9.89 Å². The first-order valence-corrected chi connectivity index (χ1v) is 8.38. The molecule has 5 heteroatoms. The number of likely N-dealkylation sites (N-methyl/N-ethyl adjacent to an activating group) is 1. The SMILES string of the molecule is CCN1CCCC1CNC(=NC)NCCCSC. The number of nitrogens with zero attached hydrogens (tertiary/aromatic N) is 2. The molecule has 1 saturated heterocycles. The van der Waals surface area contributed by atoms with E-state index in [4.69, 9.17) is 0 Å². The van der Waals surface area contributed by atoms with Gasteiger partial charge in [0, 0.05) is 26.2 Å². The molecule has 18 heavy (non-hydrogen) atoms. The molecule has 1 aliphatic rings. The van der Waals surface area contributed by atoms with Gasteiger partial charge in [0.15, 0.2) is 5.96 Å². The highest BCUT2D eigenvalue weighted by atomic mass is 32.2. The summed E-state index contributed by atoms with van der Waals surface area (Å²) in [7, 11) is 1.84. The van der Waals surface area contributed by atoms with Gasteiger partial charge in [0.05, 0.1) is 0 Å². The first-order chi connectivity index (χ1) is 8.81. The molecular formula is C13H28N4S. The number of hydrogen-bond donors (Lipinski definition) is 2. The maximum Gasteiger partial charge on any atom is 0.191 e. The molecule has 0 saturated carbocycles. The molecule has 4 nitrogen and oxygen atoms in total. The van der Waals surface area contributed by atoms with Crippen LogP contribution in [0.25, 0.3) is 0 Å². The number of nitrogens with one attached hydrogen (secondary N) is 2. The summed E-state index contributed by atoms with van der Waals surface area (Å²) in [6.45, 7) is 6.67. The fourth-order valence-electron chi connectivity index (χ4n) is 2.40. The van der Waals surface area contributed by atoms with Crippen molar-refractivity contribution in [3.63, 3.8) is 0 Å². The van der Waals surface area contributed by atoms with Crippen molar-refractivity contribution < 1.29 is 0 Å². The molecule has 0 bridgehead atoms. The van der Waals surface area contributed by atoms with E-state index in [1.165, 1.54) is 31.6 Å². The van der Waals surface area contributed by atoms with Crippen molar-refractivity contribution in [3.05, 3.63) is 0 Å². The molecule has 0 aromatic carbocycles. The molecule has 2 N–H and O–H groups in total. The Morgan fingerprint density at radius 2 is 2.28 bits per heavy atom. The highest BCUT2D eigenvalue weighted by Gasteiger charge is 2.22. The number of thioether (sulfide) groups is 1. The number of hydrogen-bond acceptors (Lipinski definition) is 3. The highest BCUT2D eigenvalue weighted by molar-refractivity contribution is 7.98. The van der Waals surface area contributed by atoms with Gasteiger partial charge in [-0.25, -0.2) is 0 Å². The van der Waals surface area contributed by atoms with Gasteiger partial charge in [-0.15, -0.1) is 0 Å². The number of likely N-dealkylation sites (tertiary alicyclic amines) is 1. The normalized spacial score (nSPS) is 21.3. The summed E-state index contributed by atoms with van der Waals surface area (Å²) >= 11 is 1.89. The standard InChI is InChI=1S/C13H28N4S/c1-4-17-9-5-7-12(17)11-16-13(14-2)15-8-6-10-18-3/h12H,4-11H2,1-3H3,(H2,14,15,16). The second-order valence-corrected chi connectivity index (χ2v) is 5.64. The van der Waals surface area contributed by atoms with E-state index in [0.29, 0.717) is 6.04 Å². The third-order valence-electron chi connectivity index (χ3n) is 3.45. The third kappa shape index (κ3) is 5.48. The van der Waals surface area contributed by atoms with Crippen molar-refractivity contribution >= 4 is 17.7 Å². The minimum absolute atomic E-state index is 0.680. The van der Waals surface area contributed by atoms with E-state index in [2.05, 4.69) is 33.7 Å². The van der Waals surface area contributed by atoms with E-state index in [0.717, 1.165) is 25.6 Å². The average molecular weight is 272 g/mol. The zero-order valence-corrected chi connectivity index (χ0v) is 12.9. The Labute approximate surface area is 116 Å². The van der Waals surface area contributed by atoms with Crippen LogP contribution in [0.15, 0.2) is 4.99 Å². The van der Waals surface area contributed by atoms with Crippen molar-refractivity contribution in [2.75, 3.05) is 45.2 Å². The highest BCUT2D eigenvalue weighted by Crippen LogP contribution is 2.15. The van der Waals surface area contributed by atoms with Gasteiger partial charge in [-0.05, 0) is 44.4 Å². The molecule has 1 heterocycles. The molecule has 1 fully saturated rings. The number of rotatable bonds is 7. The quantitative estimate of drug-likeness (QED) is 0.417. The van der Waals surface area contributed by atoms with Crippen molar-refractivity contribution in [1.82, 2.24) is 15.5 Å². The minimum Gasteiger partial charge on any atom is -0.356 e. The Hall–Kier alpha value is -0.420. The van der Waals surface area contributed by atoms with Crippen molar-refractivity contribution in [2.45, 2.75) is 32.2 Å². The zero-order chi connectivity index (χ0) is 13.2. The monoisotopic (exact) mass is 272 g/mol. The summed E-state index contributed by atoms with van der Waals surface area (Å²) in [6.07, 6.45) is 5.98. The van der Waals surface area contributed by atoms with Crippen LogP contribution < -0.4 is 10.6 Å². The molecule has 1 unspecified atom stereocenters. The van der Waals surface area contributed by atoms with Crippen LogP contribution in [0, 0.1) is 0 Å². The molecular weight excluding hydrogens is 244 g/mol. The van der Waals surface area contributed by atoms with Crippen LogP contribution in [0.1, 0.15) is 26.2 Å². The van der Waals surface area contributed by atoms with E-state index in [1.54, 1.807) is 0 Å². The van der Waals surface area contributed by atoms with Gasteiger partial charge in [-0.2, -0.15) is 11.8 Å². The van der Waals surface area contributed by atoms with Crippen molar-refractivity contribution in [1.29, 1.82) is 0 Å². The van der Waals surface area contributed by atoms with Crippen molar-refractivity contribution in [3.8, 4) is 0 Å². The lowest BCUT2D eigenvalue weighted by molar-refractivity contribution is 0.267. The van der Waals surface area contributed by atoms with E-state index >= 15 is 0 Å². The molecule has 106 valence electrons. The van der Waals surface area contributed by atoms with Crippen LogP contribution in [-0.4, -0.2) is 62.1 Å². The Morgan fingerprint density at radius 3 is 2.94 bits per heavy atom. The van der Waals surface area contributed by atoms with Crippen LogP contribution in [0.3, 0.4) is 0 Å². The summed E-state index contributed by atoms with van der Waals surface area (Å²) < 4.78 is 0. The van der Waals surface area contributed by atoms with E-state index < -0.39 is 0 Å². The van der Waals surface area contributed by atoms with Crippen LogP contribution in [-0.2, 0) is 0 Å². The molecule has 0 aromatic heterocycles. The summed E-state index contributed by atoms with van der Waals surface area (Å²) in [5.74, 6) is 2.15. The van der Waals surface area contributed by atoms with E-state index in [9.17, 15) is 0 Å². The Morgan fingerprint density at radius 1 is 1.44 bits per heavy atom. The van der Waals surface area contributed by atoms with E-state index in [-0.39, 0.29) is 0 Å². The Kier molecular flexibility index (Phi) is 8.25. The zero-order valence-electron chi connectivity index (χ0n) is 12.0. The van der Waals surface area contributed by atoms with Crippen LogP contribution in [0.2, 0.25) is 0 Å². The molecule has 1 atom stereocenters. The first kappa shape index (κ1) is 15.6. The summed E-state index contributed by atoms with van der Waals surface area (Å²) in [5.41, 5.74) is 0. The Bertz CT molecular complexity index is 245. The van der Waals surface area contributed by atoms with E-state index in [1.807, 2.05) is 18.8 Å². The molecule has 0 radical (unpaired) electrons. The molecule has 0 amide bonds. The largest absolute Gasteiger partial charge is 0.356 e. The topological polar surface area (TPSA) is 39.7 Å². The van der Waals surface area contributed by atoms with Gasteiger partial charge in [0.2, 0.25) is 0 Å². The number of aliphatic imine (C=N–C) groups is 1. The predicted octanol–water partition coefficient (Wildman–Crippen LogP) is 1.39. The summed E-state index contributed by atoms with van der Waals surface area (Å²) in [6, 6.07) is 0.680. The lowest BCUT2D eigenvalue weighted by Gasteiger charge is -2.23. The molecule has 1 aliphatic heterocycles. The lowest BCUT2D eigenvalue weighted by atomic mass is 10.2. The van der Waals surface area contributed by atoms with Gasteiger partial charge >= 0.3 is 0 Å². The van der Waals surface area contributed by atoms with Gasteiger partial charge < -0.3 is 10.6 Å². The smallest absolute Gasteiger partial charge is 0.191 e.